The number of H-pyrrole nitrogens is 1. The van der Waals surface area contributed by atoms with Crippen LogP contribution in [0.4, 0.5) is 5.69 Å². The fourth-order valence-corrected chi connectivity index (χ4v) is 2.03. The van der Waals surface area contributed by atoms with Gasteiger partial charge in [-0.1, -0.05) is 60.7 Å². The van der Waals surface area contributed by atoms with Gasteiger partial charge in [-0.05, 0) is 0 Å². The zero-order chi connectivity index (χ0) is 13.9. The molecule has 2 aromatic carbocycles. The van der Waals surface area contributed by atoms with Gasteiger partial charge in [0.1, 0.15) is 17.2 Å². The van der Waals surface area contributed by atoms with Crippen molar-refractivity contribution in [3.05, 3.63) is 71.0 Å². The summed E-state index contributed by atoms with van der Waals surface area (Å²) in [7, 11) is 0. The molecular formula is C16H13N3O. The molecular weight excluding hydrogens is 250 g/mol. The van der Waals surface area contributed by atoms with Crippen LogP contribution >= 0.6 is 0 Å². The number of aromatic nitrogens is 2. The minimum atomic E-state index is -0.322. The van der Waals surface area contributed by atoms with Gasteiger partial charge in [0.2, 0.25) is 0 Å². The third-order valence-corrected chi connectivity index (χ3v) is 3.05. The second kappa shape index (κ2) is 5.01. The molecule has 3 rings (SSSR count). The highest BCUT2D eigenvalue weighted by atomic mass is 16.1. The molecule has 0 bridgehead atoms. The molecule has 4 nitrogen and oxygen atoms in total. The van der Waals surface area contributed by atoms with E-state index in [9.17, 15) is 4.79 Å². The minimum Gasteiger partial charge on any atom is -0.392 e. The molecule has 3 aromatic rings. The topological polar surface area (TPSA) is 71.8 Å². The summed E-state index contributed by atoms with van der Waals surface area (Å²) >= 11 is 0. The first kappa shape index (κ1) is 12.2. The number of nitrogens with two attached hydrogens (primary N) is 1. The van der Waals surface area contributed by atoms with Crippen LogP contribution in [0.3, 0.4) is 0 Å². The van der Waals surface area contributed by atoms with Gasteiger partial charge in [0.05, 0.1) is 0 Å². The SMILES string of the molecule is Nc1c(-c2ccccc2)nc(-c2ccccc2)[nH]c1=O. The van der Waals surface area contributed by atoms with E-state index in [1.165, 1.54) is 0 Å². The van der Waals surface area contributed by atoms with Gasteiger partial charge in [-0.15, -0.1) is 0 Å². The number of nitrogen functional groups attached to an aromatic ring is 1. The number of benzene rings is 2. The van der Waals surface area contributed by atoms with Crippen LogP contribution in [0, 0.1) is 0 Å². The lowest BCUT2D eigenvalue weighted by atomic mass is 10.1. The lowest BCUT2D eigenvalue weighted by Crippen LogP contribution is -2.15. The van der Waals surface area contributed by atoms with Crippen molar-refractivity contribution in [3.63, 3.8) is 0 Å². The van der Waals surface area contributed by atoms with Crippen LogP contribution in [0.15, 0.2) is 65.5 Å². The molecule has 0 saturated heterocycles. The highest BCUT2D eigenvalue weighted by Gasteiger charge is 2.11. The zero-order valence-electron chi connectivity index (χ0n) is 10.7. The quantitative estimate of drug-likeness (QED) is 0.746. The second-order valence-corrected chi connectivity index (χ2v) is 4.41. The van der Waals surface area contributed by atoms with Gasteiger partial charge in [-0.2, -0.15) is 0 Å². The third-order valence-electron chi connectivity index (χ3n) is 3.05. The Balaban J connectivity index is 2.22. The van der Waals surface area contributed by atoms with E-state index < -0.39 is 0 Å². The molecule has 4 heteroatoms. The summed E-state index contributed by atoms with van der Waals surface area (Å²) in [5.41, 5.74) is 7.85. The molecule has 0 aliphatic carbocycles. The highest BCUT2D eigenvalue weighted by Crippen LogP contribution is 2.23. The van der Waals surface area contributed by atoms with Gasteiger partial charge in [0, 0.05) is 11.1 Å². The van der Waals surface area contributed by atoms with Crippen molar-refractivity contribution < 1.29 is 0 Å². The number of hydrogen-bond donors (Lipinski definition) is 2. The van der Waals surface area contributed by atoms with Gasteiger partial charge in [-0.3, -0.25) is 4.79 Å². The smallest absolute Gasteiger partial charge is 0.274 e. The maximum Gasteiger partial charge on any atom is 0.274 e. The van der Waals surface area contributed by atoms with Crippen molar-refractivity contribution in [2.45, 2.75) is 0 Å². The summed E-state index contributed by atoms with van der Waals surface area (Å²) in [5, 5.41) is 0. The predicted octanol–water partition coefficient (Wildman–Crippen LogP) is 2.69. The Hall–Kier alpha value is -2.88. The lowest BCUT2D eigenvalue weighted by molar-refractivity contribution is 1.14. The maximum absolute atomic E-state index is 12.0. The number of rotatable bonds is 2. The number of anilines is 1. The lowest BCUT2D eigenvalue weighted by Gasteiger charge is -2.07. The van der Waals surface area contributed by atoms with E-state index in [0.717, 1.165) is 11.1 Å². The maximum atomic E-state index is 12.0. The van der Waals surface area contributed by atoms with Gasteiger partial charge in [0.25, 0.3) is 5.56 Å². The van der Waals surface area contributed by atoms with E-state index >= 15 is 0 Å². The van der Waals surface area contributed by atoms with Crippen molar-refractivity contribution >= 4 is 5.69 Å². The number of aromatic amines is 1. The molecule has 0 aliphatic heterocycles. The molecule has 20 heavy (non-hydrogen) atoms. The molecule has 0 spiro atoms. The summed E-state index contributed by atoms with van der Waals surface area (Å²) in [4.78, 5) is 19.2. The molecule has 0 radical (unpaired) electrons. The summed E-state index contributed by atoms with van der Waals surface area (Å²) in [6, 6.07) is 18.9. The van der Waals surface area contributed by atoms with Crippen LogP contribution in [0.25, 0.3) is 22.6 Å². The van der Waals surface area contributed by atoms with Crippen LogP contribution in [0.2, 0.25) is 0 Å². The molecule has 0 amide bonds. The third kappa shape index (κ3) is 2.19. The second-order valence-electron chi connectivity index (χ2n) is 4.41. The van der Waals surface area contributed by atoms with Crippen molar-refractivity contribution in [2.24, 2.45) is 0 Å². The van der Waals surface area contributed by atoms with E-state index in [4.69, 9.17) is 5.73 Å². The molecule has 1 heterocycles. The first-order chi connectivity index (χ1) is 9.75. The Morgan fingerprint density at radius 1 is 0.850 bits per heavy atom. The largest absolute Gasteiger partial charge is 0.392 e. The molecule has 0 aliphatic rings. The molecule has 0 saturated carbocycles. The molecule has 0 unspecified atom stereocenters. The average molecular weight is 263 g/mol. The van der Waals surface area contributed by atoms with Crippen LogP contribution in [0.5, 0.6) is 0 Å². The normalized spacial score (nSPS) is 10.4. The van der Waals surface area contributed by atoms with Gasteiger partial charge < -0.3 is 10.7 Å². The average Bonchev–Trinajstić information content (AvgIpc) is 2.51. The Labute approximate surface area is 115 Å². The monoisotopic (exact) mass is 263 g/mol. The van der Waals surface area contributed by atoms with Crippen LogP contribution in [0.1, 0.15) is 0 Å². The van der Waals surface area contributed by atoms with E-state index in [1.807, 2.05) is 60.7 Å². The van der Waals surface area contributed by atoms with Gasteiger partial charge in [-0.25, -0.2) is 4.98 Å². The molecule has 1 aromatic heterocycles. The zero-order valence-corrected chi connectivity index (χ0v) is 10.7. The Morgan fingerprint density at radius 2 is 1.40 bits per heavy atom. The fraction of sp³-hybridized carbons (Fsp3) is 0. The Bertz CT molecular complexity index is 780. The first-order valence-corrected chi connectivity index (χ1v) is 6.26. The van der Waals surface area contributed by atoms with Crippen molar-refractivity contribution in [1.82, 2.24) is 9.97 Å². The Kier molecular flexibility index (Phi) is 3.05. The van der Waals surface area contributed by atoms with E-state index in [2.05, 4.69) is 9.97 Å². The highest BCUT2D eigenvalue weighted by molar-refractivity contribution is 5.73. The van der Waals surface area contributed by atoms with E-state index in [1.54, 1.807) is 0 Å². The standard InChI is InChI=1S/C16H13N3O/c17-13-14(11-7-3-1-4-8-11)18-15(19-16(13)20)12-9-5-2-6-10-12/h1-10H,17H2,(H,18,19,20). The minimum absolute atomic E-state index is 0.135. The van der Waals surface area contributed by atoms with E-state index in [0.29, 0.717) is 11.5 Å². The van der Waals surface area contributed by atoms with Gasteiger partial charge in [0.15, 0.2) is 0 Å². The van der Waals surface area contributed by atoms with Crippen molar-refractivity contribution in [2.75, 3.05) is 5.73 Å². The Morgan fingerprint density at radius 3 is 2.00 bits per heavy atom. The molecule has 3 N–H and O–H groups in total. The number of nitrogens with one attached hydrogen (secondary N) is 1. The first-order valence-electron chi connectivity index (χ1n) is 6.26. The van der Waals surface area contributed by atoms with Crippen molar-refractivity contribution in [3.8, 4) is 22.6 Å². The summed E-state index contributed by atoms with van der Waals surface area (Å²) in [5.74, 6) is 0.517. The number of nitrogens with zero attached hydrogens (tertiary/aromatic N) is 1. The molecule has 0 fully saturated rings. The summed E-state index contributed by atoms with van der Waals surface area (Å²) in [6.07, 6.45) is 0. The van der Waals surface area contributed by atoms with Crippen LogP contribution < -0.4 is 11.3 Å². The van der Waals surface area contributed by atoms with Gasteiger partial charge >= 0.3 is 0 Å². The summed E-state index contributed by atoms with van der Waals surface area (Å²) < 4.78 is 0. The summed E-state index contributed by atoms with van der Waals surface area (Å²) in [6.45, 7) is 0. The van der Waals surface area contributed by atoms with Crippen LogP contribution in [-0.4, -0.2) is 9.97 Å². The fourth-order valence-electron chi connectivity index (χ4n) is 2.03. The van der Waals surface area contributed by atoms with Crippen molar-refractivity contribution in [1.29, 1.82) is 0 Å². The predicted molar refractivity (Wildman–Crippen MR) is 80.1 cm³/mol. The molecule has 0 atom stereocenters. The molecule has 98 valence electrons. The van der Waals surface area contributed by atoms with E-state index in [-0.39, 0.29) is 11.2 Å². The van der Waals surface area contributed by atoms with Crippen LogP contribution in [-0.2, 0) is 0 Å². The number of hydrogen-bond acceptors (Lipinski definition) is 3.